The van der Waals surface area contributed by atoms with Crippen LogP contribution in [0.3, 0.4) is 0 Å². The molecule has 1 aliphatic carbocycles. The molecule has 1 aliphatic heterocycles. The van der Waals surface area contributed by atoms with Gasteiger partial charge in [-0.1, -0.05) is 39.7 Å². The molecule has 1 fully saturated rings. The number of rotatable bonds is 4. The fraction of sp³-hybridized carbons (Fsp3) is 0.368. The van der Waals surface area contributed by atoms with Crippen molar-refractivity contribution in [3.05, 3.63) is 50.9 Å². The minimum atomic E-state index is -0.598. The van der Waals surface area contributed by atoms with Crippen LogP contribution in [-0.4, -0.2) is 36.0 Å². The normalized spacial score (nSPS) is 17.7. The van der Waals surface area contributed by atoms with E-state index in [4.69, 9.17) is 21.1 Å². The number of ether oxygens (including phenoxy) is 2. The molecule has 2 aliphatic rings. The second kappa shape index (κ2) is 7.64. The van der Waals surface area contributed by atoms with Gasteiger partial charge in [-0.25, -0.2) is 0 Å². The first-order chi connectivity index (χ1) is 13.0. The van der Waals surface area contributed by atoms with E-state index in [2.05, 4.69) is 21.2 Å². The van der Waals surface area contributed by atoms with Crippen LogP contribution in [0.4, 0.5) is 5.00 Å². The van der Waals surface area contributed by atoms with Gasteiger partial charge in [0.15, 0.2) is 11.6 Å². The van der Waals surface area contributed by atoms with Gasteiger partial charge in [0.05, 0.1) is 29.1 Å². The van der Waals surface area contributed by atoms with Crippen molar-refractivity contribution in [3.8, 4) is 0 Å². The minimum Gasteiger partial charge on any atom is -0.347 e. The molecule has 1 saturated heterocycles. The molecule has 1 N–H and O–H groups in total. The highest BCUT2D eigenvalue weighted by Gasteiger charge is 2.42. The number of alkyl halides is 1. The molecule has 142 valence electrons. The molecule has 2 aromatic rings. The van der Waals surface area contributed by atoms with Gasteiger partial charge >= 0.3 is 0 Å². The standard InChI is InChI=1S/C19H17BrClNO4S/c20-10-15(23)22-18-16(17(24)11-3-1-2-4-13(11)21)12-5-6-19(9-14(12)27-18)25-7-8-26-19/h1-4H,5-10H2,(H,22,23). The molecule has 1 aromatic carbocycles. The number of amides is 1. The molecule has 27 heavy (non-hydrogen) atoms. The monoisotopic (exact) mass is 469 g/mol. The van der Waals surface area contributed by atoms with E-state index < -0.39 is 5.79 Å². The van der Waals surface area contributed by atoms with Crippen LogP contribution in [0.2, 0.25) is 5.02 Å². The molecule has 0 saturated carbocycles. The molecule has 1 amide bonds. The van der Waals surface area contributed by atoms with Gasteiger partial charge in [-0.2, -0.15) is 0 Å². The highest BCUT2D eigenvalue weighted by molar-refractivity contribution is 9.09. The molecule has 4 rings (SSSR count). The average Bonchev–Trinajstić information content (AvgIpc) is 3.25. The summed E-state index contributed by atoms with van der Waals surface area (Å²) in [5, 5.41) is 3.97. The van der Waals surface area contributed by atoms with Crippen LogP contribution in [0.1, 0.15) is 32.8 Å². The van der Waals surface area contributed by atoms with E-state index in [1.807, 2.05) is 0 Å². The molecule has 8 heteroatoms. The Bertz CT molecular complexity index is 907. The van der Waals surface area contributed by atoms with Gasteiger partial charge in [-0.05, 0) is 24.1 Å². The lowest BCUT2D eigenvalue weighted by molar-refractivity contribution is -0.163. The number of benzene rings is 1. The molecular weight excluding hydrogens is 454 g/mol. The maximum Gasteiger partial charge on any atom is 0.235 e. The third-order valence-electron chi connectivity index (χ3n) is 4.81. The minimum absolute atomic E-state index is 0.158. The highest BCUT2D eigenvalue weighted by atomic mass is 79.9. The third-order valence-corrected chi connectivity index (χ3v) is 6.80. The molecule has 1 aromatic heterocycles. The summed E-state index contributed by atoms with van der Waals surface area (Å²) in [6, 6.07) is 6.97. The SMILES string of the molecule is O=C(CBr)Nc1sc2c(c1C(=O)c1ccccc1Cl)CCC1(C2)OCCO1. The average molecular weight is 471 g/mol. The topological polar surface area (TPSA) is 64.6 Å². The van der Waals surface area contributed by atoms with E-state index in [-0.39, 0.29) is 17.0 Å². The van der Waals surface area contributed by atoms with Gasteiger partial charge in [-0.15, -0.1) is 11.3 Å². The smallest absolute Gasteiger partial charge is 0.235 e. The molecular formula is C19H17BrClNO4S. The lowest BCUT2D eigenvalue weighted by Crippen LogP contribution is -2.36. The fourth-order valence-electron chi connectivity index (χ4n) is 3.58. The Morgan fingerprint density at radius 3 is 2.70 bits per heavy atom. The molecule has 0 atom stereocenters. The summed E-state index contributed by atoms with van der Waals surface area (Å²) in [5.74, 6) is -0.976. The first-order valence-electron chi connectivity index (χ1n) is 8.60. The predicted octanol–water partition coefficient (Wildman–Crippen LogP) is 4.20. The van der Waals surface area contributed by atoms with Crippen LogP contribution in [0.25, 0.3) is 0 Å². The maximum absolute atomic E-state index is 13.3. The van der Waals surface area contributed by atoms with Crippen LogP contribution in [0.5, 0.6) is 0 Å². The van der Waals surface area contributed by atoms with Crippen molar-refractivity contribution >= 4 is 55.6 Å². The summed E-state index contributed by atoms with van der Waals surface area (Å²) in [6.45, 7) is 1.17. The fourth-order valence-corrected chi connectivity index (χ4v) is 5.29. The zero-order chi connectivity index (χ0) is 19.0. The largest absolute Gasteiger partial charge is 0.347 e. The molecule has 0 radical (unpaired) electrons. The van der Waals surface area contributed by atoms with Crippen LogP contribution in [0.15, 0.2) is 24.3 Å². The molecule has 5 nitrogen and oxygen atoms in total. The first-order valence-corrected chi connectivity index (χ1v) is 10.9. The van der Waals surface area contributed by atoms with Crippen molar-refractivity contribution in [1.29, 1.82) is 0 Å². The van der Waals surface area contributed by atoms with Crippen LogP contribution < -0.4 is 5.32 Å². The Hall–Kier alpha value is -1.25. The summed E-state index contributed by atoms with van der Waals surface area (Å²) >= 11 is 10.8. The first kappa shape index (κ1) is 19.1. The van der Waals surface area contributed by atoms with Crippen molar-refractivity contribution in [2.45, 2.75) is 25.0 Å². The van der Waals surface area contributed by atoms with Crippen molar-refractivity contribution in [2.24, 2.45) is 0 Å². The predicted molar refractivity (Wildman–Crippen MR) is 108 cm³/mol. The van der Waals surface area contributed by atoms with Crippen LogP contribution >= 0.6 is 38.9 Å². The van der Waals surface area contributed by atoms with Gasteiger partial charge in [0, 0.05) is 23.3 Å². The summed E-state index contributed by atoms with van der Waals surface area (Å²) in [6.07, 6.45) is 1.92. The number of ketones is 1. The van der Waals surface area contributed by atoms with E-state index in [0.29, 0.717) is 53.6 Å². The summed E-state index contributed by atoms with van der Waals surface area (Å²) < 4.78 is 11.7. The second-order valence-electron chi connectivity index (χ2n) is 6.48. The van der Waals surface area contributed by atoms with E-state index in [9.17, 15) is 9.59 Å². The zero-order valence-electron chi connectivity index (χ0n) is 14.3. The number of thiophene rings is 1. The Morgan fingerprint density at radius 2 is 2.00 bits per heavy atom. The molecule has 0 bridgehead atoms. The lowest BCUT2D eigenvalue weighted by atomic mass is 9.88. The summed E-state index contributed by atoms with van der Waals surface area (Å²) in [5.41, 5.74) is 1.92. The van der Waals surface area contributed by atoms with Crippen molar-refractivity contribution in [3.63, 3.8) is 0 Å². The van der Waals surface area contributed by atoms with Crippen molar-refractivity contribution in [2.75, 3.05) is 23.9 Å². The van der Waals surface area contributed by atoms with Gasteiger partial charge in [0.1, 0.15) is 5.00 Å². The Morgan fingerprint density at radius 1 is 1.26 bits per heavy atom. The van der Waals surface area contributed by atoms with E-state index in [1.165, 1.54) is 11.3 Å². The Balaban J connectivity index is 1.77. The van der Waals surface area contributed by atoms with Crippen LogP contribution in [-0.2, 0) is 27.1 Å². The van der Waals surface area contributed by atoms with E-state index in [1.54, 1.807) is 24.3 Å². The number of anilines is 1. The van der Waals surface area contributed by atoms with Crippen LogP contribution in [0, 0.1) is 0 Å². The maximum atomic E-state index is 13.3. The quantitative estimate of drug-likeness (QED) is 0.537. The van der Waals surface area contributed by atoms with E-state index in [0.717, 1.165) is 10.4 Å². The van der Waals surface area contributed by atoms with Crippen molar-refractivity contribution in [1.82, 2.24) is 0 Å². The Kier molecular flexibility index (Phi) is 5.40. The number of carbonyl (C=O) groups excluding carboxylic acids is 2. The lowest BCUT2D eigenvalue weighted by Gasteiger charge is -2.31. The second-order valence-corrected chi connectivity index (χ2v) is 8.56. The summed E-state index contributed by atoms with van der Waals surface area (Å²) in [4.78, 5) is 26.3. The molecule has 0 unspecified atom stereocenters. The zero-order valence-corrected chi connectivity index (χ0v) is 17.5. The number of hydrogen-bond acceptors (Lipinski definition) is 5. The molecule has 1 spiro atoms. The summed E-state index contributed by atoms with van der Waals surface area (Å²) in [7, 11) is 0. The van der Waals surface area contributed by atoms with Gasteiger partial charge in [0.2, 0.25) is 5.91 Å². The van der Waals surface area contributed by atoms with E-state index >= 15 is 0 Å². The number of halogens is 2. The number of hydrogen-bond donors (Lipinski definition) is 1. The number of nitrogens with one attached hydrogen (secondary N) is 1. The van der Waals surface area contributed by atoms with Gasteiger partial charge in [-0.3, -0.25) is 9.59 Å². The number of fused-ring (bicyclic) bond motifs is 1. The molecule has 2 heterocycles. The van der Waals surface area contributed by atoms with Crippen molar-refractivity contribution < 1.29 is 19.1 Å². The third kappa shape index (κ3) is 3.59. The van der Waals surface area contributed by atoms with Gasteiger partial charge in [0.25, 0.3) is 0 Å². The highest BCUT2D eigenvalue weighted by Crippen LogP contribution is 2.44. The van der Waals surface area contributed by atoms with Gasteiger partial charge < -0.3 is 14.8 Å². The number of carbonyl (C=O) groups is 2. The Labute approximate surface area is 174 Å².